The van der Waals surface area contributed by atoms with Gasteiger partial charge in [-0.1, -0.05) is 12.1 Å². The van der Waals surface area contributed by atoms with Crippen LogP contribution < -0.4 is 11.2 Å². The zero-order valence-corrected chi connectivity index (χ0v) is 14.5. The number of non-ortho nitro benzene ring substituents is 1. The van der Waals surface area contributed by atoms with Crippen molar-refractivity contribution in [2.75, 3.05) is 0 Å². The highest BCUT2D eigenvalue weighted by Gasteiger charge is 2.27. The molecule has 0 saturated heterocycles. The summed E-state index contributed by atoms with van der Waals surface area (Å²) in [5, 5.41) is 22.1. The van der Waals surface area contributed by atoms with Gasteiger partial charge in [-0.15, -0.1) is 0 Å². The third-order valence-corrected chi connectivity index (χ3v) is 4.06. The summed E-state index contributed by atoms with van der Waals surface area (Å²) in [7, 11) is 1.21. The van der Waals surface area contributed by atoms with Crippen LogP contribution in [-0.2, 0) is 19.9 Å². The van der Waals surface area contributed by atoms with E-state index in [0.717, 1.165) is 4.57 Å². The monoisotopic (exact) mass is 362 g/mol. The van der Waals surface area contributed by atoms with Gasteiger partial charge < -0.3 is 0 Å². The summed E-state index contributed by atoms with van der Waals surface area (Å²) < 4.78 is 1.97. The lowest BCUT2D eigenvalue weighted by Crippen LogP contribution is -2.42. The molecule has 0 aliphatic carbocycles. The Morgan fingerprint density at radius 3 is 2.04 bits per heavy atom. The molecule has 1 heterocycles. The molecule has 1 aromatic heterocycles. The van der Waals surface area contributed by atoms with E-state index in [4.69, 9.17) is 0 Å². The number of aryl methyl sites for hydroxylation is 1. The molecule has 0 radical (unpaired) electrons. The van der Waals surface area contributed by atoms with Gasteiger partial charge in [-0.05, 0) is 32.3 Å². The fourth-order valence-electron chi connectivity index (χ4n) is 2.76. The van der Waals surface area contributed by atoms with E-state index in [9.17, 15) is 29.8 Å². The second-order valence-corrected chi connectivity index (χ2v) is 6.09. The molecule has 0 bridgehead atoms. The number of benzene rings is 1. The Morgan fingerprint density at radius 1 is 1.00 bits per heavy atom. The summed E-state index contributed by atoms with van der Waals surface area (Å²) in [6, 6.07) is 5.39. The highest BCUT2D eigenvalue weighted by atomic mass is 16.6. The smallest absolute Gasteiger partial charge is 0.288 e. The molecule has 2 aromatic rings. The van der Waals surface area contributed by atoms with Crippen molar-refractivity contribution in [3.8, 4) is 0 Å². The lowest BCUT2D eigenvalue weighted by atomic mass is 10.1. The molecule has 0 aliphatic heterocycles. The Bertz CT molecular complexity index is 972. The molecule has 0 N–H and O–H groups in total. The van der Waals surface area contributed by atoms with E-state index in [1.807, 2.05) is 0 Å². The maximum absolute atomic E-state index is 12.4. The van der Waals surface area contributed by atoms with Crippen LogP contribution in [0.5, 0.6) is 0 Å². The number of nitro benzene ring substituents is 1. The quantitative estimate of drug-likeness (QED) is 0.568. The van der Waals surface area contributed by atoms with Crippen LogP contribution in [0.2, 0.25) is 0 Å². The SMILES string of the molecule is CC(C)n1c(CCc2ccc([N+](=O)[O-])cc2)c([N+](=O)[O-])c(=O)n(C)c1=O. The second kappa shape index (κ2) is 7.30. The van der Waals surface area contributed by atoms with E-state index in [1.54, 1.807) is 26.0 Å². The molecule has 0 aliphatic rings. The lowest BCUT2D eigenvalue weighted by Gasteiger charge is -2.17. The van der Waals surface area contributed by atoms with Crippen molar-refractivity contribution < 1.29 is 9.85 Å². The standard InChI is InChI=1S/C16H18N4O6/c1-10(2)18-13(14(20(25)26)15(21)17(3)16(18)22)9-6-11-4-7-12(8-5-11)19(23)24/h4-5,7-8,10H,6,9H2,1-3H3. The molecule has 2 rings (SSSR count). The summed E-state index contributed by atoms with van der Waals surface area (Å²) in [5.74, 6) is 0. The van der Waals surface area contributed by atoms with Gasteiger partial charge in [0.1, 0.15) is 5.69 Å². The van der Waals surface area contributed by atoms with Crippen LogP contribution in [0.15, 0.2) is 33.9 Å². The Morgan fingerprint density at radius 2 is 1.58 bits per heavy atom. The number of rotatable bonds is 6. The van der Waals surface area contributed by atoms with Gasteiger partial charge in [0.05, 0.1) is 9.85 Å². The minimum absolute atomic E-state index is 0.0523. The molecule has 0 fully saturated rings. The molecule has 1 aromatic carbocycles. The van der Waals surface area contributed by atoms with Gasteiger partial charge in [0.25, 0.3) is 5.69 Å². The summed E-state index contributed by atoms with van der Waals surface area (Å²) >= 11 is 0. The van der Waals surface area contributed by atoms with E-state index < -0.39 is 26.8 Å². The minimum atomic E-state index is -0.949. The second-order valence-electron chi connectivity index (χ2n) is 6.09. The Kier molecular flexibility index (Phi) is 5.34. The molecular formula is C16H18N4O6. The molecule has 0 atom stereocenters. The first kappa shape index (κ1) is 19.0. The van der Waals surface area contributed by atoms with Crippen LogP contribution in [0.25, 0.3) is 0 Å². The van der Waals surface area contributed by atoms with Crippen LogP contribution in [0, 0.1) is 20.2 Å². The molecule has 10 nitrogen and oxygen atoms in total. The third kappa shape index (κ3) is 3.53. The van der Waals surface area contributed by atoms with E-state index in [1.165, 1.54) is 23.7 Å². The molecule has 0 spiro atoms. The van der Waals surface area contributed by atoms with Crippen molar-refractivity contribution in [1.29, 1.82) is 0 Å². The molecule has 26 heavy (non-hydrogen) atoms. The van der Waals surface area contributed by atoms with Crippen LogP contribution in [0.1, 0.15) is 31.1 Å². The van der Waals surface area contributed by atoms with Crippen molar-refractivity contribution >= 4 is 11.4 Å². The van der Waals surface area contributed by atoms with E-state index in [2.05, 4.69) is 0 Å². The van der Waals surface area contributed by atoms with E-state index in [-0.39, 0.29) is 30.3 Å². The average molecular weight is 362 g/mol. The van der Waals surface area contributed by atoms with Gasteiger partial charge in [-0.25, -0.2) is 4.79 Å². The molecule has 0 unspecified atom stereocenters. The van der Waals surface area contributed by atoms with Crippen molar-refractivity contribution in [3.05, 3.63) is 76.6 Å². The predicted molar refractivity (Wildman–Crippen MR) is 93.5 cm³/mol. The van der Waals surface area contributed by atoms with Gasteiger partial charge in [-0.2, -0.15) is 0 Å². The van der Waals surface area contributed by atoms with Gasteiger partial charge in [0, 0.05) is 25.2 Å². The fraction of sp³-hybridized carbons (Fsp3) is 0.375. The van der Waals surface area contributed by atoms with Crippen LogP contribution in [0.3, 0.4) is 0 Å². The summed E-state index contributed by atoms with van der Waals surface area (Å²) in [4.78, 5) is 45.4. The number of hydrogen-bond acceptors (Lipinski definition) is 6. The van der Waals surface area contributed by atoms with Crippen molar-refractivity contribution in [2.45, 2.75) is 32.7 Å². The molecule has 0 amide bonds. The Balaban J connectivity index is 2.50. The average Bonchev–Trinajstić information content (AvgIpc) is 2.57. The lowest BCUT2D eigenvalue weighted by molar-refractivity contribution is -0.387. The van der Waals surface area contributed by atoms with Crippen LogP contribution in [-0.4, -0.2) is 19.0 Å². The van der Waals surface area contributed by atoms with Gasteiger partial charge >= 0.3 is 16.9 Å². The first-order chi connectivity index (χ1) is 12.1. The number of hydrogen-bond donors (Lipinski definition) is 0. The normalized spacial score (nSPS) is 10.9. The van der Waals surface area contributed by atoms with Gasteiger partial charge in [-0.3, -0.25) is 34.2 Å². The number of aromatic nitrogens is 2. The summed E-state index contributed by atoms with van der Waals surface area (Å²) in [6.07, 6.45) is 0.371. The molecular weight excluding hydrogens is 344 g/mol. The van der Waals surface area contributed by atoms with E-state index >= 15 is 0 Å². The topological polar surface area (TPSA) is 130 Å². The van der Waals surface area contributed by atoms with Crippen molar-refractivity contribution in [3.63, 3.8) is 0 Å². The van der Waals surface area contributed by atoms with E-state index in [0.29, 0.717) is 5.56 Å². The fourth-order valence-corrected chi connectivity index (χ4v) is 2.76. The molecule has 138 valence electrons. The number of nitrogens with zero attached hydrogens (tertiary/aromatic N) is 4. The Labute approximate surface area is 147 Å². The predicted octanol–water partition coefficient (Wildman–Crippen LogP) is 1.73. The molecule has 0 saturated carbocycles. The van der Waals surface area contributed by atoms with Crippen molar-refractivity contribution in [1.82, 2.24) is 9.13 Å². The number of nitro groups is 2. The third-order valence-electron chi connectivity index (χ3n) is 4.06. The zero-order valence-electron chi connectivity index (χ0n) is 14.5. The highest BCUT2D eigenvalue weighted by Crippen LogP contribution is 2.19. The van der Waals surface area contributed by atoms with Gasteiger partial charge in [0.2, 0.25) is 0 Å². The Hall–Kier alpha value is -3.30. The zero-order chi connectivity index (χ0) is 19.6. The maximum Gasteiger partial charge on any atom is 0.353 e. The molecule has 10 heteroatoms. The minimum Gasteiger partial charge on any atom is -0.288 e. The largest absolute Gasteiger partial charge is 0.353 e. The van der Waals surface area contributed by atoms with Crippen LogP contribution in [0.4, 0.5) is 11.4 Å². The van der Waals surface area contributed by atoms with Crippen molar-refractivity contribution in [2.24, 2.45) is 7.05 Å². The van der Waals surface area contributed by atoms with Crippen LogP contribution >= 0.6 is 0 Å². The summed E-state index contributed by atoms with van der Waals surface area (Å²) in [6.45, 7) is 3.40. The highest BCUT2D eigenvalue weighted by molar-refractivity contribution is 5.36. The first-order valence-corrected chi connectivity index (χ1v) is 7.87. The van der Waals surface area contributed by atoms with Gasteiger partial charge in [0.15, 0.2) is 0 Å². The summed E-state index contributed by atoms with van der Waals surface area (Å²) in [5.41, 5.74) is -1.50. The first-order valence-electron chi connectivity index (χ1n) is 7.87. The maximum atomic E-state index is 12.4.